The summed E-state index contributed by atoms with van der Waals surface area (Å²) in [5.74, 6) is 2.33. The standard InChI is InChI=1S/C19H28N4O4/c1-19(2,3)27-18(24)20-13-8-6-7-12(9-13)17-22-21-16-10-14(25-4)15(26-5)11-23(16)17/h10-13H,6-9H2,1-5H3,(H,20,24)/t12-,13+/m0/s1. The lowest BCUT2D eigenvalue weighted by molar-refractivity contribution is 0.0490. The molecule has 0 radical (unpaired) electrons. The van der Waals surface area contributed by atoms with Gasteiger partial charge in [-0.2, -0.15) is 0 Å². The summed E-state index contributed by atoms with van der Waals surface area (Å²) in [6.45, 7) is 5.58. The molecule has 1 aliphatic carbocycles. The highest BCUT2D eigenvalue weighted by Crippen LogP contribution is 2.34. The van der Waals surface area contributed by atoms with Crippen molar-refractivity contribution in [1.82, 2.24) is 19.9 Å². The molecule has 1 aliphatic rings. The van der Waals surface area contributed by atoms with E-state index in [0.717, 1.165) is 31.5 Å². The highest BCUT2D eigenvalue weighted by molar-refractivity contribution is 5.68. The summed E-state index contributed by atoms with van der Waals surface area (Å²) in [5, 5.41) is 11.7. The van der Waals surface area contributed by atoms with Crippen LogP contribution in [0.1, 0.15) is 58.2 Å². The highest BCUT2D eigenvalue weighted by Gasteiger charge is 2.29. The number of hydrogen-bond donors (Lipinski definition) is 1. The number of carbonyl (C=O) groups is 1. The molecular weight excluding hydrogens is 348 g/mol. The molecule has 148 valence electrons. The van der Waals surface area contributed by atoms with Crippen molar-refractivity contribution in [2.45, 2.75) is 64.0 Å². The summed E-state index contributed by atoms with van der Waals surface area (Å²) >= 11 is 0. The minimum absolute atomic E-state index is 0.0612. The fraction of sp³-hybridized carbons (Fsp3) is 0.632. The predicted molar refractivity (Wildman–Crippen MR) is 100 cm³/mol. The molecule has 2 aromatic heterocycles. The van der Waals surface area contributed by atoms with Crippen LogP contribution < -0.4 is 14.8 Å². The minimum Gasteiger partial charge on any atom is -0.493 e. The minimum atomic E-state index is -0.503. The van der Waals surface area contributed by atoms with Crippen molar-refractivity contribution in [1.29, 1.82) is 0 Å². The molecule has 1 fully saturated rings. The van der Waals surface area contributed by atoms with Gasteiger partial charge < -0.3 is 19.5 Å². The molecule has 2 heterocycles. The molecule has 0 aromatic carbocycles. The molecule has 27 heavy (non-hydrogen) atoms. The average molecular weight is 376 g/mol. The van der Waals surface area contributed by atoms with Crippen LogP contribution in [0, 0.1) is 0 Å². The molecule has 2 aromatic rings. The molecule has 0 spiro atoms. The quantitative estimate of drug-likeness (QED) is 0.881. The van der Waals surface area contributed by atoms with Crippen molar-refractivity contribution >= 4 is 11.7 Å². The third kappa shape index (κ3) is 4.43. The number of nitrogens with zero attached hydrogens (tertiary/aromatic N) is 3. The molecular formula is C19H28N4O4. The van der Waals surface area contributed by atoms with E-state index in [1.165, 1.54) is 0 Å². The largest absolute Gasteiger partial charge is 0.493 e. The number of ether oxygens (including phenoxy) is 3. The van der Waals surface area contributed by atoms with Gasteiger partial charge in [0.05, 0.1) is 20.4 Å². The number of carbonyl (C=O) groups excluding carboxylic acids is 1. The molecule has 1 saturated carbocycles. The Balaban J connectivity index is 1.77. The first-order valence-electron chi connectivity index (χ1n) is 9.27. The molecule has 0 unspecified atom stereocenters. The number of amides is 1. The second kappa shape index (κ2) is 7.62. The summed E-state index contributed by atoms with van der Waals surface area (Å²) in [5.41, 5.74) is 0.210. The SMILES string of the molecule is COc1cc2nnc([C@H]3CCC[C@@H](NC(=O)OC(C)(C)C)C3)n2cc1OC. The maximum Gasteiger partial charge on any atom is 0.407 e. The Morgan fingerprint density at radius 1 is 1.19 bits per heavy atom. The molecule has 1 N–H and O–H groups in total. The Kier molecular flexibility index (Phi) is 5.43. The Morgan fingerprint density at radius 2 is 1.93 bits per heavy atom. The van der Waals surface area contributed by atoms with Gasteiger partial charge in [0.25, 0.3) is 0 Å². The van der Waals surface area contributed by atoms with Crippen LogP contribution in [0.15, 0.2) is 12.3 Å². The van der Waals surface area contributed by atoms with Crippen LogP contribution in [0.4, 0.5) is 4.79 Å². The van der Waals surface area contributed by atoms with Gasteiger partial charge in [-0.3, -0.25) is 4.40 Å². The van der Waals surface area contributed by atoms with Crippen molar-refractivity contribution in [2.75, 3.05) is 14.2 Å². The van der Waals surface area contributed by atoms with Crippen LogP contribution in [0.3, 0.4) is 0 Å². The van der Waals surface area contributed by atoms with Gasteiger partial charge in [0.1, 0.15) is 11.4 Å². The smallest absolute Gasteiger partial charge is 0.407 e. The summed E-state index contributed by atoms with van der Waals surface area (Å²) in [4.78, 5) is 12.1. The zero-order chi connectivity index (χ0) is 19.6. The summed E-state index contributed by atoms with van der Waals surface area (Å²) in [7, 11) is 3.20. The Hall–Kier alpha value is -2.51. The number of aromatic nitrogens is 3. The lowest BCUT2D eigenvalue weighted by atomic mass is 9.85. The van der Waals surface area contributed by atoms with Gasteiger partial charge in [-0.25, -0.2) is 4.79 Å². The monoisotopic (exact) mass is 376 g/mol. The second-order valence-corrected chi connectivity index (χ2v) is 7.90. The van der Waals surface area contributed by atoms with Gasteiger partial charge in [0.15, 0.2) is 17.1 Å². The number of methoxy groups -OCH3 is 2. The molecule has 2 atom stereocenters. The van der Waals surface area contributed by atoms with Crippen LogP contribution in [0.25, 0.3) is 5.65 Å². The Bertz CT molecular complexity index is 812. The first-order valence-corrected chi connectivity index (χ1v) is 9.27. The zero-order valence-electron chi connectivity index (χ0n) is 16.6. The van der Waals surface area contributed by atoms with E-state index >= 15 is 0 Å². The van der Waals surface area contributed by atoms with Gasteiger partial charge >= 0.3 is 6.09 Å². The number of fused-ring (bicyclic) bond motifs is 1. The third-order valence-corrected chi connectivity index (χ3v) is 4.70. The lowest BCUT2D eigenvalue weighted by Crippen LogP contribution is -2.41. The van der Waals surface area contributed by atoms with E-state index in [-0.39, 0.29) is 18.1 Å². The molecule has 1 amide bonds. The fourth-order valence-corrected chi connectivity index (χ4v) is 3.54. The fourth-order valence-electron chi connectivity index (χ4n) is 3.54. The molecule has 3 rings (SSSR count). The molecule has 8 heteroatoms. The number of hydrogen-bond acceptors (Lipinski definition) is 6. The van der Waals surface area contributed by atoms with Gasteiger partial charge in [0.2, 0.25) is 0 Å². The van der Waals surface area contributed by atoms with E-state index in [1.54, 1.807) is 14.2 Å². The summed E-state index contributed by atoms with van der Waals surface area (Å²) in [6.07, 6.45) is 5.23. The van der Waals surface area contributed by atoms with Gasteiger partial charge in [-0.05, 0) is 40.0 Å². The lowest BCUT2D eigenvalue weighted by Gasteiger charge is -2.30. The maximum atomic E-state index is 12.1. The van der Waals surface area contributed by atoms with Crippen LogP contribution >= 0.6 is 0 Å². The van der Waals surface area contributed by atoms with Crippen LogP contribution in [-0.4, -0.2) is 46.6 Å². The van der Waals surface area contributed by atoms with Crippen molar-refractivity contribution < 1.29 is 19.0 Å². The van der Waals surface area contributed by atoms with E-state index < -0.39 is 5.60 Å². The molecule has 0 saturated heterocycles. The highest BCUT2D eigenvalue weighted by atomic mass is 16.6. The Labute approximate surface area is 159 Å². The summed E-state index contributed by atoms with van der Waals surface area (Å²) in [6, 6.07) is 1.88. The maximum absolute atomic E-state index is 12.1. The number of pyridine rings is 1. The zero-order valence-corrected chi connectivity index (χ0v) is 16.6. The van der Waals surface area contributed by atoms with Crippen LogP contribution in [0.5, 0.6) is 11.5 Å². The topological polar surface area (TPSA) is 87.0 Å². The second-order valence-electron chi connectivity index (χ2n) is 7.90. The molecule has 8 nitrogen and oxygen atoms in total. The van der Waals surface area contributed by atoms with Gasteiger partial charge in [-0.1, -0.05) is 6.42 Å². The number of rotatable bonds is 4. The van der Waals surface area contributed by atoms with E-state index in [2.05, 4.69) is 15.5 Å². The van der Waals surface area contributed by atoms with Crippen molar-refractivity contribution in [2.24, 2.45) is 0 Å². The van der Waals surface area contributed by atoms with Crippen molar-refractivity contribution in [3.05, 3.63) is 18.1 Å². The normalized spacial score (nSPS) is 20.3. The molecule has 0 aliphatic heterocycles. The first kappa shape index (κ1) is 19.3. The van der Waals surface area contributed by atoms with Crippen molar-refractivity contribution in [3.8, 4) is 11.5 Å². The first-order chi connectivity index (χ1) is 12.8. The van der Waals surface area contributed by atoms with E-state index in [4.69, 9.17) is 14.2 Å². The average Bonchev–Trinajstić information content (AvgIpc) is 3.01. The van der Waals surface area contributed by atoms with Gasteiger partial charge in [-0.15, -0.1) is 10.2 Å². The van der Waals surface area contributed by atoms with Crippen molar-refractivity contribution in [3.63, 3.8) is 0 Å². The number of alkyl carbamates (subject to hydrolysis) is 1. The Morgan fingerprint density at radius 3 is 2.59 bits per heavy atom. The molecule has 0 bridgehead atoms. The third-order valence-electron chi connectivity index (χ3n) is 4.70. The number of nitrogens with one attached hydrogen (secondary N) is 1. The predicted octanol–water partition coefficient (Wildman–Crippen LogP) is 3.30. The van der Waals surface area contributed by atoms with Crippen LogP contribution in [0.2, 0.25) is 0 Å². The van der Waals surface area contributed by atoms with E-state index in [1.807, 2.05) is 37.4 Å². The summed E-state index contributed by atoms with van der Waals surface area (Å²) < 4.78 is 18.1. The van der Waals surface area contributed by atoms with Gasteiger partial charge in [0, 0.05) is 18.0 Å². The van der Waals surface area contributed by atoms with Crippen LogP contribution in [-0.2, 0) is 4.74 Å². The van der Waals surface area contributed by atoms with E-state index in [9.17, 15) is 4.79 Å². The van der Waals surface area contributed by atoms with E-state index in [0.29, 0.717) is 17.1 Å².